The Bertz CT molecular complexity index is 625. The van der Waals surface area contributed by atoms with Crippen molar-refractivity contribution < 1.29 is 19.0 Å². The lowest BCUT2D eigenvalue weighted by molar-refractivity contribution is 0.173. The van der Waals surface area contributed by atoms with Crippen molar-refractivity contribution >= 4 is 0 Å². The van der Waals surface area contributed by atoms with Crippen molar-refractivity contribution in [3.05, 3.63) is 58.9 Å². The summed E-state index contributed by atoms with van der Waals surface area (Å²) in [4.78, 5) is 0. The maximum Gasteiger partial charge on any atom is 0.231 e. The van der Waals surface area contributed by atoms with Gasteiger partial charge in [-0.25, -0.2) is 4.39 Å². The van der Waals surface area contributed by atoms with E-state index in [1.165, 1.54) is 12.1 Å². The van der Waals surface area contributed by atoms with Crippen LogP contribution >= 0.6 is 0 Å². The Morgan fingerprint density at radius 2 is 1.89 bits per heavy atom. The van der Waals surface area contributed by atoms with Gasteiger partial charge in [0.2, 0.25) is 6.79 Å². The number of aliphatic hydroxyl groups excluding tert-OH is 1. The van der Waals surface area contributed by atoms with Crippen LogP contribution in [0.2, 0.25) is 0 Å². The van der Waals surface area contributed by atoms with E-state index in [1.807, 2.05) is 0 Å². The number of rotatable bonds is 2. The molecule has 0 fully saturated rings. The molecular weight excluding hydrogens is 247 g/mol. The van der Waals surface area contributed by atoms with E-state index >= 15 is 0 Å². The molecule has 0 saturated heterocycles. The predicted octanol–water partition coefficient (Wildman–Crippen LogP) is 2.94. The van der Waals surface area contributed by atoms with Gasteiger partial charge in [-0.05, 0) is 47.9 Å². The summed E-state index contributed by atoms with van der Waals surface area (Å²) in [6.07, 6.45) is -0.810. The fraction of sp³-hybridized carbons (Fsp3) is 0.200. The van der Waals surface area contributed by atoms with Gasteiger partial charge in [0.1, 0.15) is 11.9 Å². The first kappa shape index (κ1) is 12.0. The van der Waals surface area contributed by atoms with Crippen molar-refractivity contribution in [1.82, 2.24) is 0 Å². The number of fused-ring (bicyclic) bond motifs is 1. The van der Waals surface area contributed by atoms with E-state index in [0.29, 0.717) is 28.2 Å². The molecular formula is C15H13FO3. The molecule has 0 saturated carbocycles. The lowest BCUT2D eigenvalue weighted by atomic mass is 9.97. The van der Waals surface area contributed by atoms with Crippen molar-refractivity contribution in [2.75, 3.05) is 6.79 Å². The summed E-state index contributed by atoms with van der Waals surface area (Å²) in [7, 11) is 0. The second-order valence-corrected chi connectivity index (χ2v) is 4.52. The summed E-state index contributed by atoms with van der Waals surface area (Å²) in [5, 5.41) is 10.4. The second-order valence-electron chi connectivity index (χ2n) is 4.52. The number of hydrogen-bond acceptors (Lipinski definition) is 3. The summed E-state index contributed by atoms with van der Waals surface area (Å²) in [5.41, 5.74) is 2.09. The number of hydrogen-bond donors (Lipinski definition) is 1. The zero-order valence-corrected chi connectivity index (χ0v) is 10.4. The predicted molar refractivity (Wildman–Crippen MR) is 67.8 cm³/mol. The monoisotopic (exact) mass is 260 g/mol. The first-order chi connectivity index (χ1) is 9.15. The Balaban J connectivity index is 1.97. The Kier molecular flexibility index (Phi) is 2.87. The number of aliphatic hydroxyl groups is 1. The van der Waals surface area contributed by atoms with Crippen molar-refractivity contribution in [3.8, 4) is 11.5 Å². The molecule has 1 N–H and O–H groups in total. The number of benzene rings is 2. The molecule has 1 aliphatic heterocycles. The first-order valence-electron chi connectivity index (χ1n) is 5.99. The van der Waals surface area contributed by atoms with Gasteiger partial charge < -0.3 is 14.6 Å². The molecule has 3 rings (SSSR count). The molecule has 0 bridgehead atoms. The highest BCUT2D eigenvalue weighted by atomic mass is 19.1. The molecule has 4 heteroatoms. The van der Waals surface area contributed by atoms with Crippen LogP contribution in [0, 0.1) is 12.7 Å². The summed E-state index contributed by atoms with van der Waals surface area (Å²) >= 11 is 0. The zero-order valence-electron chi connectivity index (χ0n) is 10.4. The Hall–Kier alpha value is -2.07. The number of aryl methyl sites for hydroxylation is 1. The van der Waals surface area contributed by atoms with E-state index in [1.54, 1.807) is 31.2 Å². The van der Waals surface area contributed by atoms with Gasteiger partial charge in [0.25, 0.3) is 0 Å². The van der Waals surface area contributed by atoms with E-state index < -0.39 is 6.10 Å². The SMILES string of the molecule is Cc1cc(F)ccc1C(O)c1ccc2c(c1)OCO2. The summed E-state index contributed by atoms with van der Waals surface area (Å²) in [6.45, 7) is 1.97. The van der Waals surface area contributed by atoms with Gasteiger partial charge >= 0.3 is 0 Å². The molecule has 0 amide bonds. The molecule has 98 valence electrons. The molecule has 2 aromatic rings. The fourth-order valence-corrected chi connectivity index (χ4v) is 2.21. The van der Waals surface area contributed by atoms with Crippen molar-refractivity contribution in [3.63, 3.8) is 0 Å². The summed E-state index contributed by atoms with van der Waals surface area (Å²) in [5.74, 6) is 0.988. The van der Waals surface area contributed by atoms with Crippen molar-refractivity contribution in [2.24, 2.45) is 0 Å². The van der Waals surface area contributed by atoms with Crippen LogP contribution in [-0.4, -0.2) is 11.9 Å². The van der Waals surface area contributed by atoms with E-state index in [0.717, 1.165) is 0 Å². The van der Waals surface area contributed by atoms with Crippen LogP contribution in [0.4, 0.5) is 4.39 Å². The normalized spacial score (nSPS) is 14.5. The van der Waals surface area contributed by atoms with Crippen LogP contribution in [0.15, 0.2) is 36.4 Å². The van der Waals surface area contributed by atoms with Gasteiger partial charge in [0.05, 0.1) is 0 Å². The molecule has 0 aliphatic carbocycles. The summed E-state index contributed by atoms with van der Waals surface area (Å²) in [6, 6.07) is 9.64. The molecule has 1 unspecified atom stereocenters. The largest absolute Gasteiger partial charge is 0.454 e. The molecule has 0 aromatic heterocycles. The third kappa shape index (κ3) is 2.15. The second kappa shape index (κ2) is 4.55. The van der Waals surface area contributed by atoms with Crippen LogP contribution in [0.5, 0.6) is 11.5 Å². The van der Waals surface area contributed by atoms with Crippen LogP contribution in [0.3, 0.4) is 0 Å². The third-order valence-electron chi connectivity index (χ3n) is 3.24. The van der Waals surface area contributed by atoms with Crippen molar-refractivity contribution in [2.45, 2.75) is 13.0 Å². The fourth-order valence-electron chi connectivity index (χ4n) is 2.21. The molecule has 2 aromatic carbocycles. The smallest absolute Gasteiger partial charge is 0.231 e. The number of ether oxygens (including phenoxy) is 2. The third-order valence-corrected chi connectivity index (χ3v) is 3.24. The average molecular weight is 260 g/mol. The molecule has 3 nitrogen and oxygen atoms in total. The highest BCUT2D eigenvalue weighted by Gasteiger charge is 2.18. The van der Waals surface area contributed by atoms with Gasteiger partial charge in [-0.1, -0.05) is 12.1 Å². The van der Waals surface area contributed by atoms with Crippen LogP contribution in [0.25, 0.3) is 0 Å². The van der Waals surface area contributed by atoms with Crippen LogP contribution in [0.1, 0.15) is 22.8 Å². The first-order valence-corrected chi connectivity index (χ1v) is 5.99. The molecule has 1 aliphatic rings. The topological polar surface area (TPSA) is 38.7 Å². The molecule has 19 heavy (non-hydrogen) atoms. The molecule has 0 spiro atoms. The minimum atomic E-state index is -0.810. The van der Waals surface area contributed by atoms with E-state index in [9.17, 15) is 9.50 Å². The molecule has 0 radical (unpaired) electrons. The maximum atomic E-state index is 13.1. The Morgan fingerprint density at radius 3 is 2.68 bits per heavy atom. The highest BCUT2D eigenvalue weighted by Crippen LogP contribution is 2.36. The standard InChI is InChI=1S/C15H13FO3/c1-9-6-11(16)3-4-12(9)15(17)10-2-5-13-14(7-10)19-8-18-13/h2-7,15,17H,8H2,1H3. The molecule has 1 atom stereocenters. The van der Waals surface area contributed by atoms with Crippen LogP contribution in [-0.2, 0) is 0 Å². The molecule has 1 heterocycles. The van der Waals surface area contributed by atoms with Crippen LogP contribution < -0.4 is 9.47 Å². The van der Waals surface area contributed by atoms with Gasteiger partial charge in [-0.2, -0.15) is 0 Å². The zero-order chi connectivity index (χ0) is 13.4. The number of halogens is 1. The van der Waals surface area contributed by atoms with Gasteiger partial charge in [-0.15, -0.1) is 0 Å². The van der Waals surface area contributed by atoms with E-state index in [4.69, 9.17) is 9.47 Å². The van der Waals surface area contributed by atoms with Crippen molar-refractivity contribution in [1.29, 1.82) is 0 Å². The Labute approximate surface area is 110 Å². The highest BCUT2D eigenvalue weighted by molar-refractivity contribution is 5.47. The minimum absolute atomic E-state index is 0.199. The minimum Gasteiger partial charge on any atom is -0.454 e. The lowest BCUT2D eigenvalue weighted by Crippen LogP contribution is -2.02. The van der Waals surface area contributed by atoms with Gasteiger partial charge in [-0.3, -0.25) is 0 Å². The lowest BCUT2D eigenvalue weighted by Gasteiger charge is -2.14. The van der Waals surface area contributed by atoms with Gasteiger partial charge in [0, 0.05) is 0 Å². The van der Waals surface area contributed by atoms with Gasteiger partial charge in [0.15, 0.2) is 11.5 Å². The quantitative estimate of drug-likeness (QED) is 0.902. The van der Waals surface area contributed by atoms with E-state index in [-0.39, 0.29) is 12.6 Å². The summed E-state index contributed by atoms with van der Waals surface area (Å²) < 4.78 is 23.6. The maximum absolute atomic E-state index is 13.1. The van der Waals surface area contributed by atoms with E-state index in [2.05, 4.69) is 0 Å². The average Bonchev–Trinajstić information content (AvgIpc) is 2.85. The Morgan fingerprint density at radius 1 is 1.11 bits per heavy atom.